The minimum absolute atomic E-state index is 0.00101. The Bertz CT molecular complexity index is 854. The Balaban J connectivity index is 1.68. The summed E-state index contributed by atoms with van der Waals surface area (Å²) in [5, 5.41) is 2.89. The first-order valence-electron chi connectivity index (χ1n) is 11.4. The van der Waals surface area contributed by atoms with Gasteiger partial charge in [0.05, 0.1) is 11.8 Å². The highest BCUT2D eigenvalue weighted by Gasteiger charge is 2.47. The fourth-order valence-electron chi connectivity index (χ4n) is 4.26. The summed E-state index contributed by atoms with van der Waals surface area (Å²) in [5.41, 5.74) is 0.912. The van der Waals surface area contributed by atoms with Crippen molar-refractivity contribution >= 4 is 23.6 Å². The Hall–Kier alpha value is -2.96. The number of rotatable bonds is 9. The van der Waals surface area contributed by atoms with Crippen LogP contribution >= 0.6 is 0 Å². The highest BCUT2D eigenvalue weighted by Crippen LogP contribution is 2.35. The smallest absolute Gasteiger partial charge is 0.242 e. The van der Waals surface area contributed by atoms with Gasteiger partial charge in [0.15, 0.2) is 0 Å². The molecular formula is C25H33N3O4. The maximum absolute atomic E-state index is 13.2. The van der Waals surface area contributed by atoms with Crippen LogP contribution in [-0.2, 0) is 25.7 Å². The van der Waals surface area contributed by atoms with E-state index in [2.05, 4.69) is 5.32 Å². The van der Waals surface area contributed by atoms with Gasteiger partial charge in [0, 0.05) is 26.1 Å². The maximum Gasteiger partial charge on any atom is 0.242 e. The lowest BCUT2D eigenvalue weighted by molar-refractivity contribution is -0.143. The van der Waals surface area contributed by atoms with Crippen LogP contribution in [0.1, 0.15) is 45.6 Å². The van der Waals surface area contributed by atoms with Crippen molar-refractivity contribution in [2.24, 2.45) is 17.8 Å². The van der Waals surface area contributed by atoms with Crippen molar-refractivity contribution < 1.29 is 19.2 Å². The minimum atomic E-state index is -0.668. The van der Waals surface area contributed by atoms with Crippen LogP contribution in [0, 0.1) is 17.8 Å². The molecule has 0 spiro atoms. The molecule has 0 radical (unpaired) electrons. The lowest BCUT2D eigenvalue weighted by Crippen LogP contribution is -2.49. The Morgan fingerprint density at radius 3 is 2.19 bits per heavy atom. The van der Waals surface area contributed by atoms with Crippen molar-refractivity contribution in [3.05, 3.63) is 48.0 Å². The summed E-state index contributed by atoms with van der Waals surface area (Å²) in [6.07, 6.45) is 5.04. The van der Waals surface area contributed by atoms with Crippen molar-refractivity contribution in [2.45, 2.75) is 52.6 Å². The topological polar surface area (TPSA) is 86.8 Å². The van der Waals surface area contributed by atoms with Crippen LogP contribution in [0.15, 0.2) is 42.5 Å². The van der Waals surface area contributed by atoms with Gasteiger partial charge in [-0.1, -0.05) is 56.3 Å². The highest BCUT2D eigenvalue weighted by molar-refractivity contribution is 6.05. The van der Waals surface area contributed by atoms with E-state index in [9.17, 15) is 19.2 Å². The number of carbonyl (C=O) groups excluding carboxylic acids is 4. The molecule has 172 valence electrons. The molecular weight excluding hydrogens is 406 g/mol. The van der Waals surface area contributed by atoms with Crippen molar-refractivity contribution in [3.63, 3.8) is 0 Å². The van der Waals surface area contributed by atoms with E-state index in [1.807, 2.05) is 56.3 Å². The van der Waals surface area contributed by atoms with Crippen LogP contribution in [0.25, 0.3) is 0 Å². The van der Waals surface area contributed by atoms with Crippen molar-refractivity contribution in [3.8, 4) is 0 Å². The van der Waals surface area contributed by atoms with Gasteiger partial charge in [-0.3, -0.25) is 24.1 Å². The van der Waals surface area contributed by atoms with Crippen LogP contribution in [0.5, 0.6) is 0 Å². The molecule has 7 nitrogen and oxygen atoms in total. The van der Waals surface area contributed by atoms with Gasteiger partial charge in [-0.25, -0.2) is 0 Å². The number of benzene rings is 1. The number of fused-ring (bicyclic) bond motifs is 1. The molecule has 1 aromatic carbocycles. The number of allylic oxidation sites excluding steroid dienone is 2. The molecule has 1 fully saturated rings. The number of hydrogen-bond acceptors (Lipinski definition) is 4. The van der Waals surface area contributed by atoms with Gasteiger partial charge < -0.3 is 10.2 Å². The van der Waals surface area contributed by atoms with Crippen LogP contribution in [0.4, 0.5) is 0 Å². The summed E-state index contributed by atoms with van der Waals surface area (Å²) in [4.78, 5) is 54.1. The summed E-state index contributed by atoms with van der Waals surface area (Å²) >= 11 is 0. The summed E-state index contributed by atoms with van der Waals surface area (Å²) in [6.45, 7) is 6.60. The SMILES string of the molecule is CC(C)CNC(=O)[C@@H](C)N(Cc1ccccc1)C(=O)CCN1C(=O)[C@H]2CC=CC[C@H]2C1=O. The molecule has 1 saturated heterocycles. The Morgan fingerprint density at radius 2 is 1.62 bits per heavy atom. The second kappa shape index (κ2) is 10.6. The third-order valence-corrected chi connectivity index (χ3v) is 6.20. The normalized spacial score (nSPS) is 20.9. The van der Waals surface area contributed by atoms with E-state index in [1.165, 1.54) is 9.80 Å². The van der Waals surface area contributed by atoms with E-state index in [4.69, 9.17) is 0 Å². The monoisotopic (exact) mass is 439 g/mol. The molecule has 7 heteroatoms. The fourth-order valence-corrected chi connectivity index (χ4v) is 4.26. The van der Waals surface area contributed by atoms with Gasteiger partial charge in [0.25, 0.3) is 0 Å². The lowest BCUT2D eigenvalue weighted by Gasteiger charge is -2.29. The zero-order chi connectivity index (χ0) is 23.3. The van der Waals surface area contributed by atoms with Crippen molar-refractivity contribution in [2.75, 3.05) is 13.1 Å². The molecule has 4 amide bonds. The average molecular weight is 440 g/mol. The fraction of sp³-hybridized carbons (Fsp3) is 0.520. The van der Waals surface area contributed by atoms with E-state index in [1.54, 1.807) is 6.92 Å². The zero-order valence-corrected chi connectivity index (χ0v) is 19.1. The molecule has 3 atom stereocenters. The summed E-state index contributed by atoms with van der Waals surface area (Å²) in [6, 6.07) is 8.82. The van der Waals surface area contributed by atoms with Gasteiger partial charge >= 0.3 is 0 Å². The van der Waals surface area contributed by atoms with E-state index < -0.39 is 6.04 Å². The molecule has 1 heterocycles. The van der Waals surface area contributed by atoms with Crippen LogP contribution < -0.4 is 5.32 Å². The largest absolute Gasteiger partial charge is 0.354 e. The maximum atomic E-state index is 13.2. The van der Waals surface area contributed by atoms with Crippen LogP contribution in [0.3, 0.4) is 0 Å². The molecule has 0 aromatic heterocycles. The molecule has 2 aliphatic rings. The number of carbonyl (C=O) groups is 4. The van der Waals surface area contributed by atoms with Crippen LogP contribution in [0.2, 0.25) is 0 Å². The highest BCUT2D eigenvalue weighted by atomic mass is 16.2. The molecule has 1 aliphatic carbocycles. The lowest BCUT2D eigenvalue weighted by atomic mass is 9.85. The third-order valence-electron chi connectivity index (χ3n) is 6.20. The number of likely N-dealkylation sites (tertiary alicyclic amines) is 1. The zero-order valence-electron chi connectivity index (χ0n) is 19.1. The minimum Gasteiger partial charge on any atom is -0.354 e. The quantitative estimate of drug-likeness (QED) is 0.473. The Labute approximate surface area is 189 Å². The molecule has 1 aromatic rings. The first-order chi connectivity index (χ1) is 15.3. The first-order valence-corrected chi connectivity index (χ1v) is 11.4. The Kier molecular flexibility index (Phi) is 7.83. The van der Waals surface area contributed by atoms with Gasteiger partial charge in [-0.2, -0.15) is 0 Å². The molecule has 0 unspecified atom stereocenters. The van der Waals surface area contributed by atoms with Crippen LogP contribution in [-0.4, -0.2) is 52.6 Å². The molecule has 0 bridgehead atoms. The van der Waals surface area contributed by atoms with E-state index in [-0.39, 0.29) is 55.0 Å². The number of amides is 4. The van der Waals surface area contributed by atoms with E-state index in [0.717, 1.165) is 5.56 Å². The van der Waals surface area contributed by atoms with E-state index >= 15 is 0 Å². The van der Waals surface area contributed by atoms with Crippen molar-refractivity contribution in [1.29, 1.82) is 0 Å². The second-order valence-corrected chi connectivity index (χ2v) is 9.06. The molecule has 32 heavy (non-hydrogen) atoms. The third kappa shape index (κ3) is 5.44. The number of hydrogen-bond donors (Lipinski definition) is 1. The number of imide groups is 1. The second-order valence-electron chi connectivity index (χ2n) is 9.06. The van der Waals surface area contributed by atoms with Gasteiger partial charge in [0.2, 0.25) is 23.6 Å². The molecule has 0 saturated carbocycles. The number of nitrogens with zero attached hydrogens (tertiary/aromatic N) is 2. The molecule has 1 N–H and O–H groups in total. The van der Waals surface area contributed by atoms with E-state index in [0.29, 0.717) is 25.3 Å². The molecule has 3 rings (SSSR count). The predicted molar refractivity (Wildman–Crippen MR) is 121 cm³/mol. The van der Waals surface area contributed by atoms with Gasteiger partial charge in [-0.05, 0) is 31.2 Å². The summed E-state index contributed by atoms with van der Waals surface area (Å²) in [7, 11) is 0. The average Bonchev–Trinajstić information content (AvgIpc) is 3.04. The summed E-state index contributed by atoms with van der Waals surface area (Å²) < 4.78 is 0. The summed E-state index contributed by atoms with van der Waals surface area (Å²) in [5.74, 6) is -1.14. The standard InChI is InChI=1S/C25H33N3O4/c1-17(2)15-26-23(30)18(3)28(16-19-9-5-4-6-10-19)22(29)13-14-27-24(31)20-11-7-8-12-21(20)25(27)32/h4-10,17-18,20-21H,11-16H2,1-3H3,(H,26,30)/t18-,20-,21+/m1/s1. The first kappa shape index (κ1) is 23.7. The van der Waals surface area contributed by atoms with Gasteiger partial charge in [0.1, 0.15) is 6.04 Å². The molecule has 1 aliphatic heterocycles. The number of nitrogens with one attached hydrogen (secondary N) is 1. The van der Waals surface area contributed by atoms with Gasteiger partial charge in [-0.15, -0.1) is 0 Å². The predicted octanol–water partition coefficient (Wildman–Crippen LogP) is 2.52. The van der Waals surface area contributed by atoms with Crippen molar-refractivity contribution in [1.82, 2.24) is 15.1 Å². The Morgan fingerprint density at radius 1 is 1.03 bits per heavy atom.